The van der Waals surface area contributed by atoms with Crippen molar-refractivity contribution in [2.45, 2.75) is 38.6 Å². The van der Waals surface area contributed by atoms with E-state index < -0.39 is 15.6 Å². The van der Waals surface area contributed by atoms with Crippen LogP contribution in [0.4, 0.5) is 0 Å². The normalized spacial score (nSPS) is 17.8. The molecule has 2 aliphatic rings. The van der Waals surface area contributed by atoms with Crippen LogP contribution in [-0.4, -0.2) is 78.7 Å². The summed E-state index contributed by atoms with van der Waals surface area (Å²) in [5.74, 6) is 0.127. The van der Waals surface area contributed by atoms with E-state index in [1.165, 1.54) is 9.21 Å². The molecule has 1 fully saturated rings. The molecule has 10 heteroatoms. The smallest absolute Gasteiger partial charge is 0.253 e. The van der Waals surface area contributed by atoms with Crippen LogP contribution in [-0.2, 0) is 21.2 Å². The van der Waals surface area contributed by atoms with Crippen LogP contribution in [0.5, 0.6) is 0 Å². The van der Waals surface area contributed by atoms with Crippen LogP contribution in [0.15, 0.2) is 41.4 Å². The van der Waals surface area contributed by atoms with Gasteiger partial charge < -0.3 is 10.2 Å². The summed E-state index contributed by atoms with van der Waals surface area (Å²) in [6, 6.07) is 10.9. The largest absolute Gasteiger partial charge is 0.345 e. The van der Waals surface area contributed by atoms with E-state index in [1.807, 2.05) is 32.0 Å². The van der Waals surface area contributed by atoms with Gasteiger partial charge in [-0.1, -0.05) is 12.1 Å². The number of rotatable bonds is 6. The molecule has 0 aliphatic carbocycles. The Hall–Kier alpha value is -3.11. The van der Waals surface area contributed by atoms with Crippen molar-refractivity contribution in [1.29, 1.82) is 0 Å². The fourth-order valence-electron chi connectivity index (χ4n) is 4.52. The van der Waals surface area contributed by atoms with Crippen molar-refractivity contribution in [1.82, 2.24) is 19.5 Å². The zero-order chi connectivity index (χ0) is 25.4. The number of benzene rings is 1. The summed E-state index contributed by atoms with van der Waals surface area (Å²) in [5, 5.41) is 2.84. The van der Waals surface area contributed by atoms with Crippen LogP contribution in [0.25, 0.3) is 0 Å². The molecule has 4 rings (SSSR count). The van der Waals surface area contributed by atoms with Gasteiger partial charge in [-0.05, 0) is 68.5 Å². The van der Waals surface area contributed by atoms with E-state index in [2.05, 4.69) is 15.3 Å². The molecule has 0 unspecified atom stereocenters. The highest BCUT2D eigenvalue weighted by Crippen LogP contribution is 2.32. The summed E-state index contributed by atoms with van der Waals surface area (Å²) in [4.78, 5) is 35.6. The average Bonchev–Trinajstić information content (AvgIpc) is 3.13. The Morgan fingerprint density at radius 3 is 2.49 bits per heavy atom. The zero-order valence-corrected chi connectivity index (χ0v) is 21.4. The predicted molar refractivity (Wildman–Crippen MR) is 134 cm³/mol. The maximum atomic E-state index is 13.1. The minimum Gasteiger partial charge on any atom is -0.345 e. The molecule has 1 spiro atoms. The Labute approximate surface area is 206 Å². The lowest BCUT2D eigenvalue weighted by Crippen LogP contribution is -2.50. The fourth-order valence-corrected chi connectivity index (χ4v) is 6.00. The third kappa shape index (κ3) is 5.13. The Morgan fingerprint density at radius 1 is 1.14 bits per heavy atom. The van der Waals surface area contributed by atoms with Crippen molar-refractivity contribution in [3.05, 3.63) is 64.5 Å². The number of aromatic nitrogens is 1. The van der Waals surface area contributed by atoms with Crippen molar-refractivity contribution < 1.29 is 18.0 Å². The number of nitrogens with zero attached hydrogens (tertiary/aromatic N) is 4. The molecule has 1 N–H and O–H groups in total. The minimum absolute atomic E-state index is 0.0320. The lowest BCUT2D eigenvalue weighted by Gasteiger charge is -2.34. The van der Waals surface area contributed by atoms with Gasteiger partial charge in [0, 0.05) is 38.4 Å². The molecule has 0 saturated carbocycles. The van der Waals surface area contributed by atoms with Crippen LogP contribution in [0, 0.1) is 13.8 Å². The van der Waals surface area contributed by atoms with Crippen LogP contribution in [0.3, 0.4) is 0 Å². The number of aliphatic imine (C=N–C) groups is 1. The van der Waals surface area contributed by atoms with Gasteiger partial charge in [0.05, 0.1) is 5.75 Å². The number of carbonyl (C=O) groups is 2. The van der Waals surface area contributed by atoms with Gasteiger partial charge in [-0.2, -0.15) is 0 Å². The first-order valence-corrected chi connectivity index (χ1v) is 13.3. The second-order valence-electron chi connectivity index (χ2n) is 9.42. The first kappa shape index (κ1) is 25.0. The van der Waals surface area contributed by atoms with Crippen LogP contribution >= 0.6 is 0 Å². The number of hydrogen-bond donors (Lipinski definition) is 1. The Bertz CT molecular complexity index is 1290. The van der Waals surface area contributed by atoms with E-state index in [0.29, 0.717) is 36.4 Å². The summed E-state index contributed by atoms with van der Waals surface area (Å²) >= 11 is 0. The van der Waals surface area contributed by atoms with Crippen LogP contribution in [0.1, 0.15) is 45.7 Å². The SMILES string of the molecule is Cc1cccc(C2=NC3(CCN(S(=O)(=O)CCc4ccc(C(=O)N(C)C)cc4C)CC3)C(=O)N2)n1. The van der Waals surface area contributed by atoms with Gasteiger partial charge in [0.1, 0.15) is 11.2 Å². The van der Waals surface area contributed by atoms with Crippen LogP contribution in [0.2, 0.25) is 0 Å². The molecule has 2 amide bonds. The van der Waals surface area contributed by atoms with Crippen molar-refractivity contribution in [2.24, 2.45) is 4.99 Å². The second-order valence-corrected chi connectivity index (χ2v) is 11.5. The van der Waals surface area contributed by atoms with Crippen LogP contribution < -0.4 is 5.32 Å². The summed E-state index contributed by atoms with van der Waals surface area (Å²) in [7, 11) is -0.115. The standard InChI is InChI=1S/C25H31N5O4S/c1-17-16-20(23(31)29(3)4)9-8-19(17)10-15-35(33,34)30-13-11-25(12-14-30)24(32)27-22(28-25)21-7-5-6-18(2)26-21/h5-9,16H,10-15H2,1-4H3,(H,27,28,32). The summed E-state index contributed by atoms with van der Waals surface area (Å²) in [5.41, 5.74) is 2.86. The first-order valence-electron chi connectivity index (χ1n) is 11.7. The number of aryl methyl sites for hydroxylation is 3. The van der Waals surface area contributed by atoms with E-state index in [-0.39, 0.29) is 30.7 Å². The monoisotopic (exact) mass is 497 g/mol. The predicted octanol–water partition coefficient (Wildman–Crippen LogP) is 1.68. The van der Waals surface area contributed by atoms with Gasteiger partial charge >= 0.3 is 0 Å². The van der Waals surface area contributed by atoms with E-state index in [0.717, 1.165) is 16.8 Å². The molecule has 2 aromatic rings. The number of nitrogens with one attached hydrogen (secondary N) is 1. The molecular formula is C25H31N5O4S. The molecule has 9 nitrogen and oxygen atoms in total. The van der Waals surface area contributed by atoms with E-state index in [9.17, 15) is 18.0 Å². The van der Waals surface area contributed by atoms with Gasteiger partial charge in [0.2, 0.25) is 10.0 Å². The highest BCUT2D eigenvalue weighted by atomic mass is 32.2. The van der Waals surface area contributed by atoms with Crippen molar-refractivity contribution in [3.8, 4) is 0 Å². The zero-order valence-electron chi connectivity index (χ0n) is 20.5. The number of amidine groups is 1. The first-order chi connectivity index (χ1) is 16.5. The molecule has 1 aromatic carbocycles. The minimum atomic E-state index is -3.51. The third-order valence-corrected chi connectivity index (χ3v) is 8.55. The number of carbonyl (C=O) groups excluding carboxylic acids is 2. The number of pyridine rings is 1. The number of amides is 2. The quantitative estimate of drug-likeness (QED) is 0.653. The van der Waals surface area contributed by atoms with E-state index in [4.69, 9.17) is 0 Å². The van der Waals surface area contributed by atoms with Gasteiger partial charge in [0.25, 0.3) is 11.8 Å². The second kappa shape index (κ2) is 9.50. The fraction of sp³-hybridized carbons (Fsp3) is 0.440. The molecule has 0 radical (unpaired) electrons. The van der Waals surface area contributed by atoms with E-state index >= 15 is 0 Å². The highest BCUT2D eigenvalue weighted by molar-refractivity contribution is 7.89. The number of piperidine rings is 1. The summed E-state index contributed by atoms with van der Waals surface area (Å²) in [6.45, 7) is 4.24. The van der Waals surface area contributed by atoms with Crippen molar-refractivity contribution >= 4 is 27.7 Å². The molecule has 0 atom stereocenters. The molecular weight excluding hydrogens is 466 g/mol. The Kier molecular flexibility index (Phi) is 6.79. The average molecular weight is 498 g/mol. The van der Waals surface area contributed by atoms with Gasteiger partial charge in [-0.3, -0.25) is 9.59 Å². The lowest BCUT2D eigenvalue weighted by atomic mass is 9.89. The van der Waals surface area contributed by atoms with Gasteiger partial charge in [0.15, 0.2) is 5.84 Å². The molecule has 1 aromatic heterocycles. The molecule has 35 heavy (non-hydrogen) atoms. The van der Waals surface area contributed by atoms with Gasteiger partial charge in [-0.25, -0.2) is 22.7 Å². The van der Waals surface area contributed by atoms with Crippen molar-refractivity contribution in [3.63, 3.8) is 0 Å². The maximum Gasteiger partial charge on any atom is 0.253 e. The van der Waals surface area contributed by atoms with Crippen molar-refractivity contribution in [2.75, 3.05) is 32.9 Å². The summed E-state index contributed by atoms with van der Waals surface area (Å²) < 4.78 is 27.6. The Balaban J connectivity index is 1.40. The molecule has 2 aliphatic heterocycles. The molecule has 3 heterocycles. The molecule has 186 valence electrons. The summed E-state index contributed by atoms with van der Waals surface area (Å²) in [6.07, 6.45) is 1.01. The number of sulfonamides is 1. The lowest BCUT2D eigenvalue weighted by molar-refractivity contribution is -0.124. The number of hydrogen-bond acceptors (Lipinski definition) is 6. The maximum absolute atomic E-state index is 13.1. The Morgan fingerprint density at radius 2 is 1.86 bits per heavy atom. The third-order valence-electron chi connectivity index (χ3n) is 6.68. The molecule has 1 saturated heterocycles. The molecule has 0 bridgehead atoms. The van der Waals surface area contributed by atoms with Gasteiger partial charge in [-0.15, -0.1) is 0 Å². The topological polar surface area (TPSA) is 112 Å². The van der Waals surface area contributed by atoms with E-state index in [1.54, 1.807) is 32.3 Å². The highest BCUT2D eigenvalue weighted by Gasteiger charge is 2.47.